The molecule has 3 aromatic rings. The molecular weight excluding hydrogens is 331 g/mol. The topological polar surface area (TPSA) is 106 Å². The third kappa shape index (κ3) is 2.09. The summed E-state index contributed by atoms with van der Waals surface area (Å²) >= 11 is 11.8. The summed E-state index contributed by atoms with van der Waals surface area (Å²) in [5, 5.41) is 13.9. The molecule has 11 heteroatoms. The van der Waals surface area contributed by atoms with Crippen molar-refractivity contribution in [2.24, 2.45) is 0 Å². The molecule has 0 fully saturated rings. The van der Waals surface area contributed by atoms with Gasteiger partial charge >= 0.3 is 0 Å². The Kier molecular flexibility index (Phi) is 2.98. The first-order chi connectivity index (χ1) is 10.6. The van der Waals surface area contributed by atoms with Crippen molar-refractivity contribution in [2.75, 3.05) is 11.4 Å². The Morgan fingerprint density at radius 1 is 1.00 bits per heavy atom. The molecule has 9 nitrogen and oxygen atoms in total. The van der Waals surface area contributed by atoms with Gasteiger partial charge in [0.05, 0.1) is 13.1 Å². The summed E-state index contributed by atoms with van der Waals surface area (Å²) in [7, 11) is 0. The maximum Gasteiger partial charge on any atom is 0.242 e. The molecule has 0 bridgehead atoms. The van der Waals surface area contributed by atoms with E-state index in [0.29, 0.717) is 31.0 Å². The second-order valence-corrected chi connectivity index (χ2v) is 5.33. The van der Waals surface area contributed by atoms with E-state index in [-0.39, 0.29) is 22.0 Å². The number of fused-ring (bicyclic) bond motifs is 2. The minimum atomic E-state index is -0.333. The summed E-state index contributed by atoms with van der Waals surface area (Å²) in [5.74, 6) is 0.947. The smallest absolute Gasteiger partial charge is 0.242 e. The highest BCUT2D eigenvalue weighted by Gasteiger charge is 2.23. The fourth-order valence-electron chi connectivity index (χ4n) is 2.40. The van der Waals surface area contributed by atoms with E-state index in [2.05, 4.69) is 30.0 Å². The summed E-state index contributed by atoms with van der Waals surface area (Å²) in [6, 6.07) is 0. The van der Waals surface area contributed by atoms with Gasteiger partial charge in [0.2, 0.25) is 16.4 Å². The Hall–Kier alpha value is -2.26. The zero-order valence-electron chi connectivity index (χ0n) is 11.0. The Bertz CT molecular complexity index is 882. The van der Waals surface area contributed by atoms with E-state index in [1.807, 2.05) is 9.58 Å². The number of hydrogen-bond donors (Lipinski definition) is 1. The summed E-state index contributed by atoms with van der Waals surface area (Å²) in [6.45, 7) is 1.79. The molecule has 1 aliphatic heterocycles. The Morgan fingerprint density at radius 3 is 2.64 bits per heavy atom. The van der Waals surface area contributed by atoms with Crippen LogP contribution in [0.15, 0.2) is 6.33 Å². The van der Waals surface area contributed by atoms with Crippen LogP contribution < -0.4 is 4.90 Å². The number of anilines is 1. The summed E-state index contributed by atoms with van der Waals surface area (Å²) in [4.78, 5) is 22.1. The maximum atomic E-state index is 9.89. The molecule has 0 unspecified atom stereocenters. The molecule has 0 spiro atoms. The normalized spacial score (nSPS) is 14.4. The van der Waals surface area contributed by atoms with Crippen molar-refractivity contribution in [1.82, 2.24) is 34.7 Å². The minimum absolute atomic E-state index is 0.00392. The van der Waals surface area contributed by atoms with E-state index in [9.17, 15) is 5.11 Å². The van der Waals surface area contributed by atoms with Crippen LogP contribution >= 0.6 is 23.2 Å². The molecule has 0 saturated carbocycles. The van der Waals surface area contributed by atoms with E-state index in [1.165, 1.54) is 6.33 Å². The van der Waals surface area contributed by atoms with Gasteiger partial charge in [-0.2, -0.15) is 15.1 Å². The van der Waals surface area contributed by atoms with E-state index in [4.69, 9.17) is 23.2 Å². The number of aromatic hydroxyl groups is 1. The SMILES string of the molecule is Oc1nc(Cl)nc2c(N3CCn4ncnc4C3)nc(Cl)nc12. The number of hydrogen-bond acceptors (Lipinski definition) is 8. The van der Waals surface area contributed by atoms with Gasteiger partial charge in [0.15, 0.2) is 11.3 Å². The van der Waals surface area contributed by atoms with Crippen molar-refractivity contribution in [3.63, 3.8) is 0 Å². The molecule has 4 heterocycles. The molecular formula is C11H8Cl2N8O. The zero-order valence-corrected chi connectivity index (χ0v) is 12.5. The van der Waals surface area contributed by atoms with Crippen LogP contribution in [-0.4, -0.2) is 46.4 Å². The molecule has 4 rings (SSSR count). The van der Waals surface area contributed by atoms with Crippen molar-refractivity contribution < 1.29 is 5.11 Å². The third-order valence-corrected chi connectivity index (χ3v) is 3.70. The lowest BCUT2D eigenvalue weighted by Crippen LogP contribution is -2.35. The molecule has 0 amide bonds. The fraction of sp³-hybridized carbons (Fsp3) is 0.273. The van der Waals surface area contributed by atoms with Crippen molar-refractivity contribution in [3.8, 4) is 5.88 Å². The van der Waals surface area contributed by atoms with E-state index in [0.717, 1.165) is 5.82 Å². The first-order valence-corrected chi connectivity index (χ1v) is 7.09. The highest BCUT2D eigenvalue weighted by molar-refractivity contribution is 6.29. The van der Waals surface area contributed by atoms with E-state index < -0.39 is 0 Å². The molecule has 0 atom stereocenters. The molecule has 0 aliphatic carbocycles. The van der Waals surface area contributed by atoms with Gasteiger partial charge < -0.3 is 10.0 Å². The first-order valence-electron chi connectivity index (χ1n) is 6.33. The third-order valence-electron chi connectivity index (χ3n) is 3.36. The van der Waals surface area contributed by atoms with E-state index >= 15 is 0 Å². The predicted octanol–water partition coefficient (Wildman–Crippen LogP) is 1.04. The van der Waals surface area contributed by atoms with Crippen LogP contribution in [0.25, 0.3) is 11.0 Å². The minimum Gasteiger partial charge on any atom is -0.492 e. The van der Waals surface area contributed by atoms with Gasteiger partial charge in [-0.05, 0) is 23.2 Å². The summed E-state index contributed by atoms with van der Waals surface area (Å²) in [6.07, 6.45) is 1.51. The lowest BCUT2D eigenvalue weighted by Gasteiger charge is -2.28. The second kappa shape index (κ2) is 4.89. The first kappa shape index (κ1) is 13.4. The Labute approximate surface area is 133 Å². The van der Waals surface area contributed by atoms with Crippen molar-refractivity contribution >= 4 is 40.1 Å². The molecule has 112 valence electrons. The number of rotatable bonds is 1. The molecule has 0 radical (unpaired) electrons. The highest BCUT2D eigenvalue weighted by atomic mass is 35.5. The summed E-state index contributed by atoms with van der Waals surface area (Å²) < 4.78 is 1.82. The van der Waals surface area contributed by atoms with Crippen LogP contribution in [0, 0.1) is 0 Å². The number of halogens is 2. The zero-order chi connectivity index (χ0) is 15.3. The van der Waals surface area contributed by atoms with Crippen molar-refractivity contribution in [1.29, 1.82) is 0 Å². The largest absolute Gasteiger partial charge is 0.492 e. The molecule has 3 aromatic heterocycles. The van der Waals surface area contributed by atoms with Gasteiger partial charge in [0.1, 0.15) is 17.7 Å². The van der Waals surface area contributed by atoms with Crippen LogP contribution in [0.1, 0.15) is 5.82 Å². The average Bonchev–Trinajstić information content (AvgIpc) is 2.95. The predicted molar refractivity (Wildman–Crippen MR) is 77.9 cm³/mol. The van der Waals surface area contributed by atoms with E-state index in [1.54, 1.807) is 0 Å². The highest BCUT2D eigenvalue weighted by Crippen LogP contribution is 2.30. The van der Waals surface area contributed by atoms with Crippen LogP contribution in [0.2, 0.25) is 10.6 Å². The Morgan fingerprint density at radius 2 is 1.77 bits per heavy atom. The number of nitrogens with zero attached hydrogens (tertiary/aromatic N) is 8. The van der Waals surface area contributed by atoms with Gasteiger partial charge in [-0.15, -0.1) is 0 Å². The molecule has 0 saturated heterocycles. The van der Waals surface area contributed by atoms with Gasteiger partial charge in [-0.1, -0.05) is 0 Å². The lowest BCUT2D eigenvalue weighted by molar-refractivity contribution is 0.458. The number of aromatic nitrogens is 7. The fourth-order valence-corrected chi connectivity index (χ4v) is 2.73. The van der Waals surface area contributed by atoms with Crippen LogP contribution in [0.4, 0.5) is 5.82 Å². The summed E-state index contributed by atoms with van der Waals surface area (Å²) in [5.41, 5.74) is 0.501. The van der Waals surface area contributed by atoms with Crippen molar-refractivity contribution in [2.45, 2.75) is 13.1 Å². The Balaban J connectivity index is 1.88. The van der Waals surface area contributed by atoms with Crippen LogP contribution in [0.3, 0.4) is 0 Å². The standard InChI is InChI=1S/C11H8Cl2N8O/c12-10-17-7-6(16-11(13)19-9(7)22)8(18-10)20-1-2-21-5(3-20)14-4-15-21/h4H,1-3H2,(H,16,19,22). The average molecular weight is 339 g/mol. The van der Waals surface area contributed by atoms with Crippen LogP contribution in [-0.2, 0) is 13.1 Å². The monoisotopic (exact) mass is 338 g/mol. The molecule has 1 N–H and O–H groups in total. The second-order valence-electron chi connectivity index (χ2n) is 4.65. The van der Waals surface area contributed by atoms with Gasteiger partial charge in [-0.25, -0.2) is 19.6 Å². The van der Waals surface area contributed by atoms with Crippen molar-refractivity contribution in [3.05, 3.63) is 22.7 Å². The molecule has 0 aromatic carbocycles. The maximum absolute atomic E-state index is 9.89. The molecule has 22 heavy (non-hydrogen) atoms. The quantitative estimate of drug-likeness (QED) is 0.656. The van der Waals surface area contributed by atoms with Crippen LogP contribution in [0.5, 0.6) is 5.88 Å². The van der Waals surface area contributed by atoms with Gasteiger partial charge in [-0.3, -0.25) is 0 Å². The van der Waals surface area contributed by atoms with Gasteiger partial charge in [0, 0.05) is 6.54 Å². The van der Waals surface area contributed by atoms with Gasteiger partial charge in [0.25, 0.3) is 0 Å². The molecule has 1 aliphatic rings. The lowest BCUT2D eigenvalue weighted by atomic mass is 10.3.